The molecule has 0 N–H and O–H groups in total. The highest BCUT2D eigenvalue weighted by Gasteiger charge is 2.42. The van der Waals surface area contributed by atoms with Crippen LogP contribution in [0.15, 0.2) is 47.7 Å². The van der Waals surface area contributed by atoms with Gasteiger partial charge in [-0.15, -0.1) is 0 Å². The number of carbonyl (C=O) groups excluding carboxylic acids is 1. The number of benzene rings is 2. The molecule has 2 aromatic carbocycles. The fourth-order valence-electron chi connectivity index (χ4n) is 4.37. The maximum Gasteiger partial charge on any atom is 0.231 e. The average Bonchev–Trinajstić information content (AvgIpc) is 3.11. The number of carbonyl (C=O) groups is 1. The number of hydrogen-bond donors (Lipinski definition) is 0. The minimum atomic E-state index is -0.192. The summed E-state index contributed by atoms with van der Waals surface area (Å²) in [6.07, 6.45) is 1.25. The van der Waals surface area contributed by atoms with Gasteiger partial charge in [-0.25, -0.2) is 0 Å². The van der Waals surface area contributed by atoms with Crippen LogP contribution in [0.3, 0.4) is 0 Å². The van der Waals surface area contributed by atoms with Crippen molar-refractivity contribution in [2.75, 3.05) is 13.9 Å². The zero-order chi connectivity index (χ0) is 19.5. The van der Waals surface area contributed by atoms with Gasteiger partial charge in [0.15, 0.2) is 17.3 Å². The lowest BCUT2D eigenvalue weighted by atomic mass is 9.70. The lowest BCUT2D eigenvalue weighted by molar-refractivity contribution is -0.118. The average molecular weight is 378 g/mol. The quantitative estimate of drug-likeness (QED) is 0.765. The first-order valence-electron chi connectivity index (χ1n) is 9.47. The van der Waals surface area contributed by atoms with Crippen LogP contribution in [-0.2, 0) is 4.79 Å². The van der Waals surface area contributed by atoms with Crippen LogP contribution in [0.25, 0.3) is 0 Å². The summed E-state index contributed by atoms with van der Waals surface area (Å²) in [5, 5.41) is 0. The van der Waals surface area contributed by atoms with E-state index in [0.717, 1.165) is 40.4 Å². The van der Waals surface area contributed by atoms with Gasteiger partial charge in [-0.2, -0.15) is 0 Å². The topological polar surface area (TPSA) is 54.0 Å². The normalized spacial score (nSPS) is 21.7. The second-order valence-corrected chi connectivity index (χ2v) is 8.33. The van der Waals surface area contributed by atoms with Gasteiger partial charge < -0.3 is 18.9 Å². The maximum atomic E-state index is 13.2. The summed E-state index contributed by atoms with van der Waals surface area (Å²) >= 11 is 0. The predicted molar refractivity (Wildman–Crippen MR) is 103 cm³/mol. The molecule has 0 aromatic heterocycles. The van der Waals surface area contributed by atoms with Gasteiger partial charge in [-0.1, -0.05) is 26.0 Å². The van der Waals surface area contributed by atoms with Crippen molar-refractivity contribution in [2.45, 2.75) is 32.6 Å². The van der Waals surface area contributed by atoms with E-state index in [9.17, 15) is 4.79 Å². The van der Waals surface area contributed by atoms with E-state index in [4.69, 9.17) is 18.9 Å². The number of ketones is 1. The van der Waals surface area contributed by atoms with Crippen molar-refractivity contribution in [3.63, 3.8) is 0 Å². The molecule has 5 nitrogen and oxygen atoms in total. The fourth-order valence-corrected chi connectivity index (χ4v) is 4.37. The summed E-state index contributed by atoms with van der Waals surface area (Å²) in [6.45, 7) is 4.41. The van der Waals surface area contributed by atoms with Crippen LogP contribution in [0, 0.1) is 5.41 Å². The van der Waals surface area contributed by atoms with Crippen LogP contribution in [0.2, 0.25) is 0 Å². The molecule has 5 rings (SSSR count). The predicted octanol–water partition coefficient (Wildman–Crippen LogP) is 4.59. The van der Waals surface area contributed by atoms with Crippen molar-refractivity contribution in [2.24, 2.45) is 5.41 Å². The first-order valence-corrected chi connectivity index (χ1v) is 9.47. The molecule has 0 unspecified atom stereocenters. The van der Waals surface area contributed by atoms with Gasteiger partial charge >= 0.3 is 0 Å². The second-order valence-electron chi connectivity index (χ2n) is 8.33. The molecule has 144 valence electrons. The number of hydrogen-bond acceptors (Lipinski definition) is 5. The number of fused-ring (bicyclic) bond motifs is 2. The molecule has 0 bridgehead atoms. The Morgan fingerprint density at radius 1 is 1.00 bits per heavy atom. The molecule has 1 atom stereocenters. The van der Waals surface area contributed by atoms with Crippen molar-refractivity contribution in [3.05, 3.63) is 58.9 Å². The molecule has 0 saturated carbocycles. The van der Waals surface area contributed by atoms with Gasteiger partial charge in [-0.3, -0.25) is 4.79 Å². The number of Topliss-reactive ketones (excluding diaryl/α,β-unsaturated/α-hetero) is 1. The van der Waals surface area contributed by atoms with Gasteiger partial charge in [0.2, 0.25) is 6.79 Å². The van der Waals surface area contributed by atoms with E-state index >= 15 is 0 Å². The van der Waals surface area contributed by atoms with E-state index in [0.29, 0.717) is 17.9 Å². The monoisotopic (exact) mass is 378 g/mol. The Hall–Kier alpha value is -2.95. The standard InChI is InChI=1S/C23H22O5/c1-23(2)10-16(24)22-20(11-23)28-17-9-19-18(26-12-27-19)8-15(17)21(22)13-4-6-14(25-3)7-5-13/h4-9,21H,10-12H2,1-3H3/t21-/m1/s1. The molecular formula is C23H22O5. The largest absolute Gasteiger partial charge is 0.497 e. The van der Waals surface area contributed by atoms with Crippen molar-refractivity contribution in [1.82, 2.24) is 0 Å². The Morgan fingerprint density at radius 2 is 1.71 bits per heavy atom. The smallest absolute Gasteiger partial charge is 0.231 e. The van der Waals surface area contributed by atoms with Gasteiger partial charge in [0, 0.05) is 36.0 Å². The van der Waals surface area contributed by atoms with Crippen LogP contribution in [0.5, 0.6) is 23.0 Å². The minimum absolute atomic E-state index is 0.117. The molecule has 28 heavy (non-hydrogen) atoms. The van der Waals surface area contributed by atoms with Crippen LogP contribution in [0.1, 0.15) is 43.7 Å². The zero-order valence-electron chi connectivity index (χ0n) is 16.2. The molecule has 0 saturated heterocycles. The highest BCUT2D eigenvalue weighted by molar-refractivity contribution is 6.00. The summed E-state index contributed by atoms with van der Waals surface area (Å²) in [7, 11) is 1.65. The number of allylic oxidation sites excluding steroid dienone is 2. The molecule has 2 aromatic rings. The van der Waals surface area contributed by atoms with Crippen LogP contribution >= 0.6 is 0 Å². The summed E-state index contributed by atoms with van der Waals surface area (Å²) in [4.78, 5) is 13.2. The zero-order valence-corrected chi connectivity index (χ0v) is 16.2. The van der Waals surface area contributed by atoms with E-state index in [2.05, 4.69) is 13.8 Å². The molecule has 3 aliphatic rings. The Kier molecular flexibility index (Phi) is 3.69. The molecule has 1 aliphatic carbocycles. The highest BCUT2D eigenvalue weighted by Crippen LogP contribution is 2.52. The highest BCUT2D eigenvalue weighted by atomic mass is 16.7. The Bertz CT molecular complexity index is 1000. The minimum Gasteiger partial charge on any atom is -0.497 e. The molecule has 0 amide bonds. The molecule has 0 radical (unpaired) electrons. The van der Waals surface area contributed by atoms with Crippen LogP contribution in [-0.4, -0.2) is 19.7 Å². The Morgan fingerprint density at radius 3 is 2.43 bits per heavy atom. The lowest BCUT2D eigenvalue weighted by Gasteiger charge is -2.38. The lowest BCUT2D eigenvalue weighted by Crippen LogP contribution is -2.32. The molecular weight excluding hydrogens is 356 g/mol. The van der Waals surface area contributed by atoms with E-state index in [-0.39, 0.29) is 23.9 Å². The third kappa shape index (κ3) is 2.65. The third-order valence-corrected chi connectivity index (χ3v) is 5.67. The Balaban J connectivity index is 1.70. The van der Waals surface area contributed by atoms with Gasteiger partial charge in [0.05, 0.1) is 7.11 Å². The maximum absolute atomic E-state index is 13.2. The summed E-state index contributed by atoms with van der Waals surface area (Å²) in [5.41, 5.74) is 2.61. The molecule has 0 fully saturated rings. The van der Waals surface area contributed by atoms with Crippen LogP contribution in [0.4, 0.5) is 0 Å². The van der Waals surface area contributed by atoms with E-state index in [1.165, 1.54) is 0 Å². The number of ether oxygens (including phenoxy) is 4. The van der Waals surface area contributed by atoms with Crippen LogP contribution < -0.4 is 18.9 Å². The van der Waals surface area contributed by atoms with Crippen molar-refractivity contribution < 1.29 is 23.7 Å². The number of methoxy groups -OCH3 is 1. The van der Waals surface area contributed by atoms with E-state index in [1.54, 1.807) is 7.11 Å². The summed E-state index contributed by atoms with van der Waals surface area (Å²) in [6, 6.07) is 11.7. The van der Waals surface area contributed by atoms with Gasteiger partial charge in [-0.05, 0) is 29.2 Å². The van der Waals surface area contributed by atoms with Gasteiger partial charge in [0.1, 0.15) is 17.3 Å². The Labute approximate surface area is 163 Å². The van der Waals surface area contributed by atoms with Gasteiger partial charge in [0.25, 0.3) is 0 Å². The molecule has 0 spiro atoms. The van der Waals surface area contributed by atoms with E-state index < -0.39 is 0 Å². The van der Waals surface area contributed by atoms with E-state index in [1.807, 2.05) is 36.4 Å². The SMILES string of the molecule is COc1ccc([C@H]2C3=C(CC(C)(C)CC3=O)Oc3cc4c(cc32)OCO4)cc1. The molecule has 5 heteroatoms. The first kappa shape index (κ1) is 17.2. The molecule has 2 heterocycles. The summed E-state index contributed by atoms with van der Waals surface area (Å²) in [5.74, 6) is 3.61. The summed E-state index contributed by atoms with van der Waals surface area (Å²) < 4.78 is 22.7. The second kappa shape index (κ2) is 6.03. The van der Waals surface area contributed by atoms with Crippen molar-refractivity contribution in [1.29, 1.82) is 0 Å². The number of rotatable bonds is 2. The van der Waals surface area contributed by atoms with Crippen molar-refractivity contribution >= 4 is 5.78 Å². The molecule has 2 aliphatic heterocycles. The van der Waals surface area contributed by atoms with Crippen molar-refractivity contribution in [3.8, 4) is 23.0 Å². The third-order valence-electron chi connectivity index (χ3n) is 5.67. The fraction of sp³-hybridized carbons (Fsp3) is 0.348. The first-order chi connectivity index (χ1) is 13.4.